The molecule has 1 aromatic heterocycles. The molecule has 138 valence electrons. The molecule has 6 nitrogen and oxygen atoms in total. The Morgan fingerprint density at radius 1 is 1.19 bits per heavy atom. The van der Waals surface area contributed by atoms with Gasteiger partial charge in [0.05, 0.1) is 6.54 Å². The molecule has 0 amide bonds. The number of nitrogens with zero attached hydrogens (tertiary/aromatic N) is 3. The Labute approximate surface area is 153 Å². The van der Waals surface area contributed by atoms with Crippen LogP contribution in [0.15, 0.2) is 42.7 Å². The predicted molar refractivity (Wildman–Crippen MR) is 98.8 cm³/mol. The van der Waals surface area contributed by atoms with Gasteiger partial charge in [0.15, 0.2) is 0 Å². The molecule has 2 aliphatic heterocycles. The SMILES string of the molecule is O=C(O)[C@@H]1CC2(CCNCC2)CN1Cc1ccccc1Cn1cccn1. The number of rotatable bonds is 5. The standard InChI is InChI=1S/C20H26N4O2/c25-19(26)18-12-20(6-9-21-10-7-20)15-23(18)13-16-4-1-2-5-17(16)14-24-11-3-8-22-24/h1-5,8,11,18,21H,6-7,9-10,12-15H2,(H,25,26)/t18-/m0/s1. The predicted octanol–water partition coefficient (Wildman–Crippen LogP) is 1.96. The van der Waals surface area contributed by atoms with Crippen molar-refractivity contribution in [2.75, 3.05) is 19.6 Å². The number of aromatic nitrogens is 2. The van der Waals surface area contributed by atoms with Crippen molar-refractivity contribution >= 4 is 5.97 Å². The number of carbonyl (C=O) groups is 1. The lowest BCUT2D eigenvalue weighted by Crippen LogP contribution is -2.38. The average Bonchev–Trinajstić information content (AvgIpc) is 3.26. The Morgan fingerprint density at radius 2 is 1.92 bits per heavy atom. The lowest BCUT2D eigenvalue weighted by atomic mass is 9.77. The molecule has 2 saturated heterocycles. The monoisotopic (exact) mass is 354 g/mol. The van der Waals surface area contributed by atoms with Crippen LogP contribution in [-0.4, -0.2) is 51.4 Å². The first-order valence-electron chi connectivity index (χ1n) is 9.37. The Balaban J connectivity index is 1.55. The number of hydrogen-bond donors (Lipinski definition) is 2. The third kappa shape index (κ3) is 3.52. The second-order valence-electron chi connectivity index (χ2n) is 7.69. The van der Waals surface area contributed by atoms with Gasteiger partial charge < -0.3 is 10.4 Å². The van der Waals surface area contributed by atoms with Gasteiger partial charge in [-0.1, -0.05) is 24.3 Å². The lowest BCUT2D eigenvalue weighted by molar-refractivity contribution is -0.142. The van der Waals surface area contributed by atoms with Gasteiger partial charge in [-0.05, 0) is 55.0 Å². The topological polar surface area (TPSA) is 70.4 Å². The van der Waals surface area contributed by atoms with Crippen LogP contribution in [0.1, 0.15) is 30.4 Å². The van der Waals surface area contributed by atoms with Gasteiger partial charge in [-0.25, -0.2) is 0 Å². The summed E-state index contributed by atoms with van der Waals surface area (Å²) in [6, 6.07) is 9.84. The van der Waals surface area contributed by atoms with Crippen LogP contribution in [0.5, 0.6) is 0 Å². The molecular formula is C20H26N4O2. The summed E-state index contributed by atoms with van der Waals surface area (Å²) >= 11 is 0. The Morgan fingerprint density at radius 3 is 2.58 bits per heavy atom. The highest BCUT2D eigenvalue weighted by molar-refractivity contribution is 5.74. The molecule has 1 aromatic carbocycles. The fourth-order valence-corrected chi connectivity index (χ4v) is 4.53. The van der Waals surface area contributed by atoms with E-state index in [0.717, 1.165) is 38.9 Å². The van der Waals surface area contributed by atoms with Crippen LogP contribution < -0.4 is 5.32 Å². The van der Waals surface area contributed by atoms with Gasteiger partial charge in [-0.3, -0.25) is 14.4 Å². The number of carboxylic acid groups (broad SMARTS) is 1. The minimum Gasteiger partial charge on any atom is -0.480 e. The fourth-order valence-electron chi connectivity index (χ4n) is 4.53. The number of nitrogens with one attached hydrogen (secondary N) is 1. The first kappa shape index (κ1) is 17.2. The van der Waals surface area contributed by atoms with Crippen LogP contribution in [-0.2, 0) is 17.9 Å². The summed E-state index contributed by atoms with van der Waals surface area (Å²) in [5.74, 6) is -0.690. The molecule has 1 spiro atoms. The van der Waals surface area contributed by atoms with E-state index in [0.29, 0.717) is 13.1 Å². The first-order valence-corrected chi connectivity index (χ1v) is 9.37. The van der Waals surface area contributed by atoms with E-state index in [4.69, 9.17) is 0 Å². The van der Waals surface area contributed by atoms with Gasteiger partial charge in [0.1, 0.15) is 6.04 Å². The minimum absolute atomic E-state index is 0.158. The quantitative estimate of drug-likeness (QED) is 0.859. The van der Waals surface area contributed by atoms with Crippen LogP contribution in [0.2, 0.25) is 0 Å². The van der Waals surface area contributed by atoms with E-state index in [9.17, 15) is 9.90 Å². The van der Waals surface area contributed by atoms with Crippen molar-refractivity contribution in [1.82, 2.24) is 20.0 Å². The van der Waals surface area contributed by atoms with E-state index in [1.165, 1.54) is 11.1 Å². The molecule has 3 heterocycles. The Bertz CT molecular complexity index is 753. The molecule has 2 aromatic rings. The Kier molecular flexibility index (Phi) is 4.78. The fraction of sp³-hybridized carbons (Fsp3) is 0.500. The maximum Gasteiger partial charge on any atom is 0.320 e. The molecule has 0 bridgehead atoms. The van der Waals surface area contributed by atoms with E-state index in [1.54, 1.807) is 6.20 Å². The van der Waals surface area contributed by atoms with Gasteiger partial charge in [-0.2, -0.15) is 5.10 Å². The van der Waals surface area contributed by atoms with Crippen molar-refractivity contribution in [3.8, 4) is 0 Å². The molecule has 0 aliphatic carbocycles. The smallest absolute Gasteiger partial charge is 0.320 e. The average molecular weight is 354 g/mol. The van der Waals surface area contributed by atoms with Crippen LogP contribution in [0.25, 0.3) is 0 Å². The molecule has 0 unspecified atom stereocenters. The highest BCUT2D eigenvalue weighted by Crippen LogP contribution is 2.42. The molecule has 26 heavy (non-hydrogen) atoms. The zero-order valence-corrected chi connectivity index (χ0v) is 15.0. The second-order valence-corrected chi connectivity index (χ2v) is 7.69. The summed E-state index contributed by atoms with van der Waals surface area (Å²) in [7, 11) is 0. The van der Waals surface area contributed by atoms with E-state index in [-0.39, 0.29) is 11.5 Å². The van der Waals surface area contributed by atoms with Crippen LogP contribution >= 0.6 is 0 Å². The summed E-state index contributed by atoms with van der Waals surface area (Å²) in [4.78, 5) is 14.1. The number of benzene rings is 1. The normalized spacial score (nSPS) is 22.7. The van der Waals surface area contributed by atoms with Crippen molar-refractivity contribution < 1.29 is 9.90 Å². The first-order chi connectivity index (χ1) is 12.7. The largest absolute Gasteiger partial charge is 0.480 e. The summed E-state index contributed by atoms with van der Waals surface area (Å²) in [6.07, 6.45) is 6.65. The number of aliphatic carboxylic acids is 1. The van der Waals surface area contributed by atoms with Crippen molar-refractivity contribution in [3.05, 3.63) is 53.9 Å². The zero-order chi connectivity index (χ0) is 18.0. The molecule has 2 aliphatic rings. The minimum atomic E-state index is -0.690. The number of likely N-dealkylation sites (tertiary alicyclic amines) is 1. The zero-order valence-electron chi connectivity index (χ0n) is 15.0. The van der Waals surface area contributed by atoms with Gasteiger partial charge >= 0.3 is 5.97 Å². The maximum atomic E-state index is 11.9. The molecular weight excluding hydrogens is 328 g/mol. The third-order valence-electron chi connectivity index (χ3n) is 5.94. The summed E-state index contributed by atoms with van der Waals surface area (Å²) in [5, 5.41) is 17.5. The molecule has 6 heteroatoms. The van der Waals surface area contributed by atoms with Crippen molar-refractivity contribution in [1.29, 1.82) is 0 Å². The van der Waals surface area contributed by atoms with Gasteiger partial charge in [0, 0.05) is 25.5 Å². The summed E-state index contributed by atoms with van der Waals surface area (Å²) in [5.41, 5.74) is 2.55. The van der Waals surface area contributed by atoms with E-state index in [1.807, 2.05) is 29.1 Å². The second kappa shape index (κ2) is 7.21. The van der Waals surface area contributed by atoms with E-state index >= 15 is 0 Å². The summed E-state index contributed by atoms with van der Waals surface area (Å²) in [6.45, 7) is 4.27. The molecule has 0 radical (unpaired) electrons. The van der Waals surface area contributed by atoms with Gasteiger partial charge in [-0.15, -0.1) is 0 Å². The van der Waals surface area contributed by atoms with Crippen LogP contribution in [0.3, 0.4) is 0 Å². The molecule has 0 saturated carbocycles. The van der Waals surface area contributed by atoms with Crippen molar-refractivity contribution in [2.24, 2.45) is 5.41 Å². The summed E-state index contributed by atoms with van der Waals surface area (Å²) < 4.78 is 1.91. The van der Waals surface area contributed by atoms with Crippen molar-refractivity contribution in [2.45, 2.75) is 38.4 Å². The molecule has 2 N–H and O–H groups in total. The number of hydrogen-bond acceptors (Lipinski definition) is 4. The molecule has 2 fully saturated rings. The van der Waals surface area contributed by atoms with Crippen LogP contribution in [0.4, 0.5) is 0 Å². The molecule has 4 rings (SSSR count). The van der Waals surface area contributed by atoms with E-state index < -0.39 is 5.97 Å². The highest BCUT2D eigenvalue weighted by atomic mass is 16.4. The van der Waals surface area contributed by atoms with Gasteiger partial charge in [0.2, 0.25) is 0 Å². The van der Waals surface area contributed by atoms with E-state index in [2.05, 4.69) is 27.4 Å². The lowest BCUT2D eigenvalue weighted by Gasteiger charge is -2.33. The maximum absolute atomic E-state index is 11.9. The van der Waals surface area contributed by atoms with Gasteiger partial charge in [0.25, 0.3) is 0 Å². The van der Waals surface area contributed by atoms with Crippen LogP contribution in [0, 0.1) is 5.41 Å². The Hall–Kier alpha value is -2.18. The highest BCUT2D eigenvalue weighted by Gasteiger charge is 2.47. The number of piperidine rings is 1. The third-order valence-corrected chi connectivity index (χ3v) is 5.94. The number of carboxylic acids is 1. The molecule has 1 atom stereocenters. The van der Waals surface area contributed by atoms with Crippen molar-refractivity contribution in [3.63, 3.8) is 0 Å².